The molecule has 1 aromatic carbocycles. The van der Waals surface area contributed by atoms with Crippen molar-refractivity contribution in [1.29, 1.82) is 0 Å². The van der Waals surface area contributed by atoms with E-state index in [1.807, 2.05) is 47.0 Å². The first-order valence-electron chi connectivity index (χ1n) is 6.79. The number of hydrogen-bond donors (Lipinski definition) is 2. The minimum Gasteiger partial charge on any atom is -0.507 e. The van der Waals surface area contributed by atoms with E-state index in [1.165, 1.54) is 36.9 Å². The molecule has 4 heterocycles. The standard InChI is InChI=1S/C14H8O2S8/c15-5-1-2-6(16)8-7(5)19-11-12(20-8)24-14(23-11)13-21-9-10(22-13)18-4-3-17-9/h1-2,15-16H,3-4H2. The van der Waals surface area contributed by atoms with Crippen LogP contribution in [0.15, 0.2) is 47.3 Å². The molecule has 0 fully saturated rings. The van der Waals surface area contributed by atoms with E-state index in [9.17, 15) is 10.2 Å². The van der Waals surface area contributed by atoms with Gasteiger partial charge >= 0.3 is 0 Å². The highest BCUT2D eigenvalue weighted by molar-refractivity contribution is 8.45. The summed E-state index contributed by atoms with van der Waals surface area (Å²) in [5.74, 6) is 2.89. The van der Waals surface area contributed by atoms with Crippen LogP contribution in [-0.2, 0) is 0 Å². The van der Waals surface area contributed by atoms with E-state index in [0.717, 1.165) is 9.79 Å². The average molecular weight is 465 g/mol. The van der Waals surface area contributed by atoms with Gasteiger partial charge in [0.25, 0.3) is 0 Å². The lowest BCUT2D eigenvalue weighted by Gasteiger charge is -2.17. The van der Waals surface area contributed by atoms with Crippen molar-refractivity contribution in [1.82, 2.24) is 0 Å². The van der Waals surface area contributed by atoms with Crippen LogP contribution in [0.2, 0.25) is 0 Å². The molecule has 0 saturated heterocycles. The van der Waals surface area contributed by atoms with Crippen molar-refractivity contribution in [3.05, 3.63) is 37.6 Å². The number of aromatic hydroxyl groups is 2. The molecule has 4 aliphatic heterocycles. The summed E-state index contributed by atoms with van der Waals surface area (Å²) in [7, 11) is 0. The van der Waals surface area contributed by atoms with Gasteiger partial charge in [-0.25, -0.2) is 0 Å². The molecule has 0 aromatic heterocycles. The number of benzene rings is 1. The fraction of sp³-hybridized carbons (Fsp3) is 0.143. The quantitative estimate of drug-likeness (QED) is 0.388. The Morgan fingerprint density at radius 1 is 0.542 bits per heavy atom. The summed E-state index contributed by atoms with van der Waals surface area (Å²) in [6.07, 6.45) is 0. The van der Waals surface area contributed by atoms with Crippen LogP contribution >= 0.6 is 94.1 Å². The van der Waals surface area contributed by atoms with Gasteiger partial charge in [-0.3, -0.25) is 0 Å². The predicted molar refractivity (Wildman–Crippen MR) is 118 cm³/mol. The van der Waals surface area contributed by atoms with Crippen LogP contribution in [0, 0.1) is 0 Å². The van der Waals surface area contributed by atoms with Crippen LogP contribution in [0.1, 0.15) is 0 Å². The summed E-state index contributed by atoms with van der Waals surface area (Å²) < 4.78 is 8.06. The van der Waals surface area contributed by atoms with Crippen molar-refractivity contribution in [2.45, 2.75) is 9.79 Å². The number of hydrogen-bond acceptors (Lipinski definition) is 10. The lowest BCUT2D eigenvalue weighted by molar-refractivity contribution is 0.435. The molecular formula is C14H8O2S8. The fourth-order valence-electron chi connectivity index (χ4n) is 2.21. The molecular weight excluding hydrogens is 457 g/mol. The lowest BCUT2D eigenvalue weighted by Crippen LogP contribution is -1.88. The molecule has 24 heavy (non-hydrogen) atoms. The Balaban J connectivity index is 1.41. The minimum atomic E-state index is 0.244. The van der Waals surface area contributed by atoms with Crippen LogP contribution in [0.5, 0.6) is 11.5 Å². The maximum absolute atomic E-state index is 10.1. The van der Waals surface area contributed by atoms with Gasteiger partial charge in [-0.15, -0.1) is 23.5 Å². The number of phenolic OH excluding ortho intramolecular Hbond substituents is 2. The van der Waals surface area contributed by atoms with Gasteiger partial charge in [-0.1, -0.05) is 70.6 Å². The Hall–Kier alpha value is 0.840. The molecule has 0 bridgehead atoms. The Morgan fingerprint density at radius 3 is 1.38 bits per heavy atom. The molecule has 2 nitrogen and oxygen atoms in total. The summed E-state index contributed by atoms with van der Waals surface area (Å²) >= 11 is 14.5. The van der Waals surface area contributed by atoms with Crippen molar-refractivity contribution in [3.8, 4) is 11.5 Å². The van der Waals surface area contributed by atoms with E-state index in [-0.39, 0.29) is 11.5 Å². The van der Waals surface area contributed by atoms with Gasteiger partial charge in [-0.2, -0.15) is 0 Å². The Labute approximate surface area is 173 Å². The first-order valence-corrected chi connectivity index (χ1v) is 13.7. The van der Waals surface area contributed by atoms with Crippen molar-refractivity contribution in [3.63, 3.8) is 0 Å². The third-order valence-electron chi connectivity index (χ3n) is 3.25. The van der Waals surface area contributed by atoms with Gasteiger partial charge < -0.3 is 10.2 Å². The van der Waals surface area contributed by atoms with Gasteiger partial charge in [0.2, 0.25) is 0 Å². The largest absolute Gasteiger partial charge is 0.507 e. The minimum absolute atomic E-state index is 0.244. The normalized spacial score (nSPS) is 22.8. The van der Waals surface area contributed by atoms with Crippen molar-refractivity contribution >= 4 is 94.1 Å². The predicted octanol–water partition coefficient (Wildman–Crippen LogP) is 7.12. The summed E-state index contributed by atoms with van der Waals surface area (Å²) in [6.45, 7) is 0. The first kappa shape index (κ1) is 17.0. The number of thioether (sulfide) groups is 8. The third-order valence-corrected chi connectivity index (χ3v) is 15.3. The smallest absolute Gasteiger partial charge is 0.130 e. The Kier molecular flexibility index (Phi) is 4.79. The third kappa shape index (κ3) is 2.94. The van der Waals surface area contributed by atoms with Crippen molar-refractivity contribution in [2.75, 3.05) is 11.5 Å². The zero-order valence-corrected chi connectivity index (χ0v) is 18.3. The molecule has 124 valence electrons. The highest BCUT2D eigenvalue weighted by Crippen LogP contribution is 2.70. The summed E-state index contributed by atoms with van der Waals surface area (Å²) in [6, 6.07) is 3.13. The zero-order chi connectivity index (χ0) is 16.3. The second kappa shape index (κ2) is 6.78. The van der Waals surface area contributed by atoms with Crippen molar-refractivity contribution in [2.24, 2.45) is 0 Å². The molecule has 5 rings (SSSR count). The number of rotatable bonds is 0. The number of phenols is 2. The molecule has 0 spiro atoms. The molecule has 1 aromatic rings. The second-order valence-corrected chi connectivity index (χ2v) is 14.7. The Morgan fingerprint density at radius 2 is 0.917 bits per heavy atom. The molecule has 4 aliphatic rings. The Bertz CT molecular complexity index is 792. The van der Waals surface area contributed by atoms with Gasteiger partial charge in [-0.05, 0) is 12.1 Å². The summed E-state index contributed by atoms with van der Waals surface area (Å²) in [5, 5.41) is 20.2. The van der Waals surface area contributed by atoms with E-state index in [4.69, 9.17) is 0 Å². The zero-order valence-electron chi connectivity index (χ0n) is 11.7. The summed E-state index contributed by atoms with van der Waals surface area (Å²) in [5.41, 5.74) is 0. The molecule has 0 aliphatic carbocycles. The van der Waals surface area contributed by atoms with E-state index < -0.39 is 0 Å². The number of fused-ring (bicyclic) bond motifs is 1. The SMILES string of the molecule is Oc1ccc(O)c2c1SC1=C(SC(=C3SC4=C(SCCS4)S3)S1)S2. The molecule has 0 amide bonds. The van der Waals surface area contributed by atoms with Crippen LogP contribution in [0.25, 0.3) is 0 Å². The fourth-order valence-corrected chi connectivity index (χ4v) is 14.3. The highest BCUT2D eigenvalue weighted by Gasteiger charge is 2.35. The van der Waals surface area contributed by atoms with Gasteiger partial charge in [0.1, 0.15) is 11.5 Å². The van der Waals surface area contributed by atoms with Crippen LogP contribution in [0.4, 0.5) is 0 Å². The van der Waals surface area contributed by atoms with Gasteiger partial charge in [0, 0.05) is 11.5 Å². The molecule has 0 atom stereocenters. The van der Waals surface area contributed by atoms with Crippen LogP contribution in [0.3, 0.4) is 0 Å². The van der Waals surface area contributed by atoms with E-state index in [0.29, 0.717) is 0 Å². The maximum atomic E-state index is 10.1. The highest BCUT2D eigenvalue weighted by atomic mass is 32.3. The van der Waals surface area contributed by atoms with Gasteiger partial charge in [0.15, 0.2) is 0 Å². The van der Waals surface area contributed by atoms with Crippen LogP contribution < -0.4 is 0 Å². The molecule has 10 heteroatoms. The molecule has 0 saturated carbocycles. The monoisotopic (exact) mass is 464 g/mol. The first-order chi connectivity index (χ1) is 11.7. The maximum Gasteiger partial charge on any atom is 0.130 e. The lowest BCUT2D eigenvalue weighted by atomic mass is 10.3. The van der Waals surface area contributed by atoms with Crippen molar-refractivity contribution < 1.29 is 10.2 Å². The van der Waals surface area contributed by atoms with Crippen LogP contribution in [-0.4, -0.2) is 21.7 Å². The van der Waals surface area contributed by atoms with E-state index >= 15 is 0 Å². The molecule has 0 radical (unpaired) electrons. The average Bonchev–Trinajstić information content (AvgIpc) is 3.20. The van der Waals surface area contributed by atoms with E-state index in [1.54, 1.807) is 59.2 Å². The summed E-state index contributed by atoms with van der Waals surface area (Å²) in [4.78, 5) is 1.54. The topological polar surface area (TPSA) is 40.5 Å². The van der Waals surface area contributed by atoms with Gasteiger partial charge in [0.05, 0.1) is 35.2 Å². The molecule has 0 unspecified atom stereocenters. The molecule has 2 N–H and O–H groups in total. The van der Waals surface area contributed by atoms with E-state index in [2.05, 4.69) is 0 Å². The second-order valence-electron chi connectivity index (χ2n) is 4.80.